The maximum atomic E-state index is 12.8. The van der Waals surface area contributed by atoms with Crippen LogP contribution in [0.4, 0.5) is 0 Å². The van der Waals surface area contributed by atoms with Crippen molar-refractivity contribution in [2.75, 3.05) is 33.8 Å². The molecule has 1 aliphatic rings. The molecular formula is C24H29N3O2. The number of H-pyrrole nitrogens is 1. The number of nitrogens with zero attached hydrogens (tertiary/aromatic N) is 2. The molecule has 1 saturated heterocycles. The highest BCUT2D eigenvalue weighted by atomic mass is 16.5. The van der Waals surface area contributed by atoms with Gasteiger partial charge >= 0.3 is 0 Å². The van der Waals surface area contributed by atoms with E-state index in [1.165, 1.54) is 5.56 Å². The van der Waals surface area contributed by atoms with Gasteiger partial charge < -0.3 is 14.6 Å². The zero-order valence-corrected chi connectivity index (χ0v) is 17.2. The van der Waals surface area contributed by atoms with E-state index in [0.717, 1.165) is 55.7 Å². The highest BCUT2D eigenvalue weighted by Crippen LogP contribution is 2.24. The fourth-order valence-electron chi connectivity index (χ4n) is 4.27. The Hall–Kier alpha value is -2.79. The molecule has 0 spiro atoms. The molecule has 1 amide bonds. The molecule has 0 bridgehead atoms. The summed E-state index contributed by atoms with van der Waals surface area (Å²) in [6.45, 7) is 3.82. The van der Waals surface area contributed by atoms with Gasteiger partial charge in [-0.05, 0) is 50.0 Å². The molecule has 1 N–H and O–H groups in total. The Kier molecular flexibility index (Phi) is 5.86. The number of fused-ring (bicyclic) bond motifs is 1. The van der Waals surface area contributed by atoms with Gasteiger partial charge in [-0.25, -0.2) is 0 Å². The zero-order valence-electron chi connectivity index (χ0n) is 17.2. The van der Waals surface area contributed by atoms with Gasteiger partial charge in [-0.3, -0.25) is 9.69 Å². The summed E-state index contributed by atoms with van der Waals surface area (Å²) >= 11 is 0. The van der Waals surface area contributed by atoms with Gasteiger partial charge in [-0.2, -0.15) is 0 Å². The van der Waals surface area contributed by atoms with Crippen LogP contribution in [0.15, 0.2) is 54.6 Å². The smallest absolute Gasteiger partial charge is 0.270 e. The Labute approximate surface area is 172 Å². The van der Waals surface area contributed by atoms with Gasteiger partial charge in [0.05, 0.1) is 7.11 Å². The molecule has 0 radical (unpaired) electrons. The molecule has 2 heterocycles. The van der Waals surface area contributed by atoms with Crippen LogP contribution in [0.5, 0.6) is 5.75 Å². The lowest BCUT2D eigenvalue weighted by atomic mass is 9.95. The second kappa shape index (κ2) is 8.70. The molecule has 2 aromatic carbocycles. The SMILES string of the molecule is COc1ccccc1CN1CCC(CN(C)C(=O)c2cc3ccccc3[nH]2)CC1. The van der Waals surface area contributed by atoms with Crippen molar-refractivity contribution in [3.63, 3.8) is 0 Å². The number of ether oxygens (including phenoxy) is 1. The number of carbonyl (C=O) groups is 1. The van der Waals surface area contributed by atoms with Crippen molar-refractivity contribution in [2.24, 2.45) is 5.92 Å². The third kappa shape index (κ3) is 4.46. The number of piperidine rings is 1. The van der Waals surface area contributed by atoms with Gasteiger partial charge in [0.2, 0.25) is 0 Å². The van der Waals surface area contributed by atoms with Crippen molar-refractivity contribution in [1.82, 2.24) is 14.8 Å². The zero-order chi connectivity index (χ0) is 20.2. The number of para-hydroxylation sites is 2. The number of rotatable bonds is 6. The van der Waals surface area contributed by atoms with E-state index in [9.17, 15) is 4.79 Å². The Morgan fingerprint density at radius 2 is 1.86 bits per heavy atom. The number of benzene rings is 2. The minimum atomic E-state index is 0.0673. The maximum absolute atomic E-state index is 12.8. The fraction of sp³-hybridized carbons (Fsp3) is 0.375. The lowest BCUT2D eigenvalue weighted by molar-refractivity contribution is 0.0732. The molecule has 0 aliphatic carbocycles. The molecule has 0 saturated carbocycles. The first kappa shape index (κ1) is 19.5. The van der Waals surface area contributed by atoms with E-state index in [0.29, 0.717) is 11.6 Å². The van der Waals surface area contributed by atoms with E-state index < -0.39 is 0 Å². The van der Waals surface area contributed by atoms with E-state index in [-0.39, 0.29) is 5.91 Å². The van der Waals surface area contributed by atoms with Crippen molar-refractivity contribution in [2.45, 2.75) is 19.4 Å². The first-order valence-corrected chi connectivity index (χ1v) is 10.3. The largest absolute Gasteiger partial charge is 0.496 e. The predicted octanol–water partition coefficient (Wildman–Crippen LogP) is 4.16. The number of nitrogens with one attached hydrogen (secondary N) is 1. The Morgan fingerprint density at radius 1 is 1.14 bits per heavy atom. The van der Waals surface area contributed by atoms with Gasteiger partial charge in [-0.15, -0.1) is 0 Å². The van der Waals surface area contributed by atoms with Crippen LogP contribution in [0.2, 0.25) is 0 Å². The van der Waals surface area contributed by atoms with Crippen LogP contribution in [0.1, 0.15) is 28.9 Å². The van der Waals surface area contributed by atoms with Crippen molar-refractivity contribution in [1.29, 1.82) is 0 Å². The minimum Gasteiger partial charge on any atom is -0.496 e. The molecule has 3 aromatic rings. The molecule has 5 heteroatoms. The summed E-state index contributed by atoms with van der Waals surface area (Å²) in [6.07, 6.45) is 2.22. The maximum Gasteiger partial charge on any atom is 0.270 e. The fourth-order valence-corrected chi connectivity index (χ4v) is 4.27. The number of aromatic nitrogens is 1. The van der Waals surface area contributed by atoms with Crippen LogP contribution < -0.4 is 4.74 Å². The Morgan fingerprint density at radius 3 is 2.62 bits per heavy atom. The lowest BCUT2D eigenvalue weighted by Gasteiger charge is -2.34. The second-order valence-corrected chi connectivity index (χ2v) is 7.99. The van der Waals surface area contributed by atoms with Crippen LogP contribution >= 0.6 is 0 Å². The van der Waals surface area contributed by atoms with E-state index in [2.05, 4.69) is 22.0 Å². The van der Waals surface area contributed by atoms with Crippen LogP contribution in [-0.4, -0.2) is 54.5 Å². The molecule has 5 nitrogen and oxygen atoms in total. The number of methoxy groups -OCH3 is 1. The Balaban J connectivity index is 1.30. The number of aromatic amines is 1. The van der Waals surface area contributed by atoms with E-state index in [1.807, 2.05) is 54.4 Å². The van der Waals surface area contributed by atoms with Crippen molar-refractivity contribution in [3.8, 4) is 5.75 Å². The van der Waals surface area contributed by atoms with Crippen molar-refractivity contribution < 1.29 is 9.53 Å². The van der Waals surface area contributed by atoms with Crippen LogP contribution in [0.25, 0.3) is 10.9 Å². The quantitative estimate of drug-likeness (QED) is 0.686. The van der Waals surface area contributed by atoms with Gasteiger partial charge in [0, 0.05) is 36.6 Å². The summed E-state index contributed by atoms with van der Waals surface area (Å²) in [6, 6.07) is 18.2. The van der Waals surface area contributed by atoms with Gasteiger partial charge in [0.1, 0.15) is 11.4 Å². The molecule has 4 rings (SSSR count). The summed E-state index contributed by atoms with van der Waals surface area (Å²) in [5.41, 5.74) is 2.91. The van der Waals surface area contributed by atoms with Crippen molar-refractivity contribution in [3.05, 3.63) is 65.9 Å². The number of hydrogen-bond acceptors (Lipinski definition) is 3. The van der Waals surface area contributed by atoms with Crippen LogP contribution in [-0.2, 0) is 6.54 Å². The molecule has 152 valence electrons. The predicted molar refractivity (Wildman–Crippen MR) is 116 cm³/mol. The lowest BCUT2D eigenvalue weighted by Crippen LogP contribution is -2.39. The van der Waals surface area contributed by atoms with Crippen LogP contribution in [0, 0.1) is 5.92 Å². The molecule has 29 heavy (non-hydrogen) atoms. The standard InChI is InChI=1S/C24H29N3O2/c1-26(24(28)22-15-19-7-3-5-9-21(19)25-22)16-18-11-13-27(14-12-18)17-20-8-4-6-10-23(20)29-2/h3-10,15,18,25H,11-14,16-17H2,1-2H3. The summed E-state index contributed by atoms with van der Waals surface area (Å²) in [5, 5.41) is 1.08. The number of amides is 1. The topological polar surface area (TPSA) is 48.6 Å². The molecule has 1 aromatic heterocycles. The van der Waals surface area contributed by atoms with Gasteiger partial charge in [-0.1, -0.05) is 36.4 Å². The average Bonchev–Trinajstić information content (AvgIpc) is 3.19. The number of carbonyl (C=O) groups excluding carboxylic acids is 1. The third-order valence-electron chi connectivity index (χ3n) is 5.93. The third-order valence-corrected chi connectivity index (χ3v) is 5.93. The summed E-state index contributed by atoms with van der Waals surface area (Å²) in [7, 11) is 3.64. The second-order valence-electron chi connectivity index (χ2n) is 7.99. The normalized spacial score (nSPS) is 15.5. The number of likely N-dealkylation sites (tertiary alicyclic amines) is 1. The Bertz CT molecular complexity index is 940. The van der Waals surface area contributed by atoms with Crippen molar-refractivity contribution >= 4 is 16.8 Å². The van der Waals surface area contributed by atoms with Gasteiger partial charge in [0.15, 0.2) is 0 Å². The van der Waals surface area contributed by atoms with E-state index >= 15 is 0 Å². The highest BCUT2D eigenvalue weighted by Gasteiger charge is 2.23. The summed E-state index contributed by atoms with van der Waals surface area (Å²) in [4.78, 5) is 20.4. The average molecular weight is 392 g/mol. The monoisotopic (exact) mass is 391 g/mol. The highest BCUT2D eigenvalue weighted by molar-refractivity contribution is 5.97. The molecular weight excluding hydrogens is 362 g/mol. The number of hydrogen-bond donors (Lipinski definition) is 1. The van der Waals surface area contributed by atoms with E-state index in [4.69, 9.17) is 4.74 Å². The molecule has 1 aliphatic heterocycles. The van der Waals surface area contributed by atoms with Gasteiger partial charge in [0.25, 0.3) is 5.91 Å². The first-order chi connectivity index (χ1) is 14.1. The van der Waals surface area contributed by atoms with E-state index in [1.54, 1.807) is 7.11 Å². The summed E-state index contributed by atoms with van der Waals surface area (Å²) < 4.78 is 5.48. The molecule has 1 fully saturated rings. The molecule has 0 atom stereocenters. The van der Waals surface area contributed by atoms with Crippen LogP contribution in [0.3, 0.4) is 0 Å². The minimum absolute atomic E-state index is 0.0673. The summed E-state index contributed by atoms with van der Waals surface area (Å²) in [5.74, 6) is 1.57. The first-order valence-electron chi connectivity index (χ1n) is 10.3. The molecule has 0 unspecified atom stereocenters.